The maximum Gasteiger partial charge on any atom is 0.191 e. The number of rotatable bonds is 11. The fourth-order valence-corrected chi connectivity index (χ4v) is 3.43. The Morgan fingerprint density at radius 3 is 2.52 bits per heavy atom. The second-order valence-corrected chi connectivity index (χ2v) is 8.25. The van der Waals surface area contributed by atoms with Crippen LogP contribution in [0, 0.1) is 11.7 Å². The van der Waals surface area contributed by atoms with Crippen LogP contribution in [-0.2, 0) is 13.0 Å². The maximum atomic E-state index is 13.0. The summed E-state index contributed by atoms with van der Waals surface area (Å²) >= 11 is 1.63. The summed E-state index contributed by atoms with van der Waals surface area (Å²) in [5.74, 6) is 2.66. The van der Waals surface area contributed by atoms with Crippen molar-refractivity contribution in [3.8, 4) is 5.75 Å². The van der Waals surface area contributed by atoms with Crippen LogP contribution in [0.15, 0.2) is 34.4 Å². The molecule has 0 amide bonds. The molecule has 0 aliphatic carbocycles. The van der Waals surface area contributed by atoms with Crippen LogP contribution < -0.4 is 15.4 Å². The van der Waals surface area contributed by atoms with Gasteiger partial charge in [-0.05, 0) is 49.8 Å². The van der Waals surface area contributed by atoms with Crippen LogP contribution in [0.4, 0.5) is 4.39 Å². The molecular weight excluding hydrogens is 530 g/mol. The molecule has 0 fully saturated rings. The highest BCUT2D eigenvalue weighted by molar-refractivity contribution is 14.0. The highest BCUT2D eigenvalue weighted by atomic mass is 127. The molecule has 1 aromatic heterocycles. The first kappa shape index (κ1) is 27.5. The molecule has 2 aromatic rings. The molecule has 31 heavy (non-hydrogen) atoms. The second-order valence-electron chi connectivity index (χ2n) is 7.47. The van der Waals surface area contributed by atoms with E-state index in [9.17, 15) is 4.39 Å². The third kappa shape index (κ3) is 9.63. The summed E-state index contributed by atoms with van der Waals surface area (Å²) in [5, 5.41) is 16.2. The van der Waals surface area contributed by atoms with E-state index in [-0.39, 0.29) is 35.9 Å². The van der Waals surface area contributed by atoms with Crippen molar-refractivity contribution >= 4 is 41.7 Å². The first-order chi connectivity index (χ1) is 14.4. The smallest absolute Gasteiger partial charge is 0.191 e. The molecule has 7 nitrogen and oxygen atoms in total. The van der Waals surface area contributed by atoms with Crippen LogP contribution in [0.1, 0.15) is 33.0 Å². The Balaban J connectivity index is 0.00000480. The van der Waals surface area contributed by atoms with Crippen molar-refractivity contribution < 1.29 is 9.13 Å². The molecule has 2 N–H and O–H groups in total. The van der Waals surface area contributed by atoms with Crippen LogP contribution >= 0.6 is 35.7 Å². The first-order valence-corrected chi connectivity index (χ1v) is 11.5. The van der Waals surface area contributed by atoms with Gasteiger partial charge in [0, 0.05) is 26.6 Å². The summed E-state index contributed by atoms with van der Waals surface area (Å²) in [7, 11) is 1.74. The highest BCUT2D eigenvalue weighted by Gasteiger charge is 2.12. The molecule has 0 aliphatic rings. The van der Waals surface area contributed by atoms with Crippen LogP contribution in [0.5, 0.6) is 5.75 Å². The van der Waals surface area contributed by atoms with Gasteiger partial charge in [-0.15, -0.1) is 34.2 Å². The molecule has 1 atom stereocenters. The molecule has 0 saturated carbocycles. The summed E-state index contributed by atoms with van der Waals surface area (Å²) in [4.78, 5) is 4.25. The molecule has 1 heterocycles. The van der Waals surface area contributed by atoms with E-state index in [4.69, 9.17) is 4.74 Å². The van der Waals surface area contributed by atoms with Crippen LogP contribution in [0.25, 0.3) is 0 Å². The molecule has 1 unspecified atom stereocenters. The van der Waals surface area contributed by atoms with Crippen molar-refractivity contribution in [1.29, 1.82) is 0 Å². The number of aryl methyl sites for hydroxylation is 1. The number of hydrogen-bond acceptors (Lipinski definition) is 5. The van der Waals surface area contributed by atoms with Gasteiger partial charge in [0.05, 0.1) is 6.54 Å². The van der Waals surface area contributed by atoms with Crippen LogP contribution in [-0.4, -0.2) is 53.2 Å². The van der Waals surface area contributed by atoms with E-state index in [1.807, 2.05) is 13.2 Å². The molecule has 0 spiro atoms. The minimum Gasteiger partial charge on any atom is -0.489 e. The van der Waals surface area contributed by atoms with Gasteiger partial charge in [-0.25, -0.2) is 4.39 Å². The topological polar surface area (TPSA) is 76.4 Å². The summed E-state index contributed by atoms with van der Waals surface area (Å²) < 4.78 is 21.0. The second kappa shape index (κ2) is 14.5. The summed E-state index contributed by atoms with van der Waals surface area (Å²) in [6, 6.07) is 6.03. The summed E-state index contributed by atoms with van der Waals surface area (Å²) in [6.07, 6.45) is 3.72. The monoisotopic (exact) mass is 564 g/mol. The lowest BCUT2D eigenvalue weighted by molar-refractivity contribution is 0.223. The number of nitrogens with zero attached hydrogens (tertiary/aromatic N) is 4. The van der Waals surface area contributed by atoms with Crippen molar-refractivity contribution in [3.05, 3.63) is 35.9 Å². The third-order valence-electron chi connectivity index (χ3n) is 4.32. The van der Waals surface area contributed by atoms with Gasteiger partial charge < -0.3 is 19.9 Å². The number of benzene rings is 1. The average Bonchev–Trinajstić information content (AvgIpc) is 3.10. The van der Waals surface area contributed by atoms with Gasteiger partial charge in [0.25, 0.3) is 0 Å². The SMILES string of the molecule is CN=C(NCCCc1nnc(SC)n1CC(C)C)NCC(C)Oc1ccc(F)cc1.I. The predicted molar refractivity (Wildman–Crippen MR) is 136 cm³/mol. The standard InChI is InChI=1S/C21H33FN6OS.HI/c1-15(2)14-28-19(26-27-21(28)30-5)7-6-12-24-20(23-4)25-13-16(3)29-18-10-8-17(22)9-11-18;/h8-11,15-16H,6-7,12-14H2,1-5H3,(H2,23,24,25);1H. The normalized spacial score (nSPS) is 12.4. The number of guanidine groups is 1. The first-order valence-electron chi connectivity index (χ1n) is 10.3. The molecule has 10 heteroatoms. The zero-order valence-corrected chi connectivity index (χ0v) is 22.0. The fraction of sp³-hybridized carbons (Fsp3) is 0.571. The molecular formula is C21H34FIN6OS. The Morgan fingerprint density at radius 1 is 1.19 bits per heavy atom. The zero-order chi connectivity index (χ0) is 21.9. The van der Waals surface area contributed by atoms with E-state index in [0.29, 0.717) is 18.2 Å². The largest absolute Gasteiger partial charge is 0.489 e. The van der Waals surface area contributed by atoms with Crippen molar-refractivity contribution in [1.82, 2.24) is 25.4 Å². The third-order valence-corrected chi connectivity index (χ3v) is 4.99. The number of hydrogen-bond donors (Lipinski definition) is 2. The number of aliphatic imine (C=N–C) groups is 1. The zero-order valence-electron chi connectivity index (χ0n) is 18.9. The van der Waals surface area contributed by atoms with Crippen LogP contribution in [0.2, 0.25) is 0 Å². The van der Waals surface area contributed by atoms with Gasteiger partial charge >= 0.3 is 0 Å². The molecule has 1 aromatic carbocycles. The van der Waals surface area contributed by atoms with Gasteiger partial charge in [-0.1, -0.05) is 25.6 Å². The van der Waals surface area contributed by atoms with Crippen molar-refractivity contribution in [2.24, 2.45) is 10.9 Å². The molecule has 0 bridgehead atoms. The van der Waals surface area contributed by atoms with Crippen molar-refractivity contribution in [2.75, 3.05) is 26.4 Å². The Labute approximate surface area is 206 Å². The van der Waals surface area contributed by atoms with E-state index in [1.165, 1.54) is 12.1 Å². The fourth-order valence-electron chi connectivity index (χ4n) is 2.90. The molecule has 0 radical (unpaired) electrons. The summed E-state index contributed by atoms with van der Waals surface area (Å²) in [5.41, 5.74) is 0. The Hall–Kier alpha value is -1.56. The van der Waals surface area contributed by atoms with Gasteiger partial charge in [0.15, 0.2) is 11.1 Å². The van der Waals surface area contributed by atoms with Gasteiger partial charge in [0.2, 0.25) is 0 Å². The molecule has 174 valence electrons. The van der Waals surface area contributed by atoms with E-state index in [0.717, 1.165) is 42.9 Å². The number of aromatic nitrogens is 3. The number of thioether (sulfide) groups is 1. The lowest BCUT2D eigenvalue weighted by atomic mass is 10.2. The van der Waals surface area contributed by atoms with E-state index in [2.05, 4.69) is 44.2 Å². The number of halogens is 2. The molecule has 2 rings (SSSR count). The highest BCUT2D eigenvalue weighted by Crippen LogP contribution is 2.16. The van der Waals surface area contributed by atoms with Gasteiger partial charge in [-0.3, -0.25) is 4.99 Å². The quantitative estimate of drug-likeness (QED) is 0.142. The maximum absolute atomic E-state index is 13.0. The number of nitrogens with one attached hydrogen (secondary N) is 2. The minimum absolute atomic E-state index is 0. The minimum atomic E-state index is -0.273. The predicted octanol–water partition coefficient (Wildman–Crippen LogP) is 3.98. The van der Waals surface area contributed by atoms with Crippen molar-refractivity contribution in [2.45, 2.75) is 51.4 Å². The van der Waals surface area contributed by atoms with Crippen molar-refractivity contribution in [3.63, 3.8) is 0 Å². The summed E-state index contributed by atoms with van der Waals surface area (Å²) in [6.45, 7) is 8.64. The molecule has 0 saturated heterocycles. The molecule has 0 aliphatic heterocycles. The lowest BCUT2D eigenvalue weighted by Gasteiger charge is -2.18. The van der Waals surface area contributed by atoms with Gasteiger partial charge in [0.1, 0.15) is 23.5 Å². The lowest BCUT2D eigenvalue weighted by Crippen LogP contribution is -2.42. The van der Waals surface area contributed by atoms with E-state index in [1.54, 1.807) is 30.9 Å². The Bertz CT molecular complexity index is 800. The Kier molecular flexibility index (Phi) is 12.8. The number of ether oxygens (including phenoxy) is 1. The van der Waals surface area contributed by atoms with Crippen LogP contribution in [0.3, 0.4) is 0 Å². The van der Waals surface area contributed by atoms with Gasteiger partial charge in [-0.2, -0.15) is 0 Å². The van der Waals surface area contributed by atoms with E-state index >= 15 is 0 Å². The van der Waals surface area contributed by atoms with E-state index < -0.39 is 0 Å². The Morgan fingerprint density at radius 2 is 1.90 bits per heavy atom. The average molecular weight is 565 g/mol.